The molecule has 1 saturated carbocycles. The quantitative estimate of drug-likeness (QED) is 0.726. The van der Waals surface area contributed by atoms with Gasteiger partial charge in [-0.3, -0.25) is 0 Å². The number of nitrogens with zero attached hydrogens (tertiary/aromatic N) is 1. The Morgan fingerprint density at radius 2 is 1.72 bits per heavy atom. The van der Waals surface area contributed by atoms with Crippen molar-refractivity contribution in [3.63, 3.8) is 0 Å². The van der Waals surface area contributed by atoms with E-state index in [0.717, 1.165) is 31.4 Å². The maximum Gasteiger partial charge on any atom is 0.332 e. The Balaban J connectivity index is 1.90. The first-order chi connectivity index (χ1) is 8.74. The van der Waals surface area contributed by atoms with Crippen molar-refractivity contribution in [3.8, 4) is 0 Å². The van der Waals surface area contributed by atoms with E-state index in [1.807, 2.05) is 0 Å². The number of urea groups is 1. The summed E-state index contributed by atoms with van der Waals surface area (Å²) < 4.78 is 0. The van der Waals surface area contributed by atoms with Crippen LogP contribution in [0.3, 0.4) is 0 Å². The van der Waals surface area contributed by atoms with Crippen LogP contribution in [0.25, 0.3) is 0 Å². The zero-order valence-corrected chi connectivity index (χ0v) is 10.2. The van der Waals surface area contributed by atoms with Crippen molar-refractivity contribution in [3.05, 3.63) is 35.4 Å². The highest BCUT2D eigenvalue weighted by Crippen LogP contribution is 2.37. The molecule has 2 aliphatic carbocycles. The van der Waals surface area contributed by atoms with Gasteiger partial charge in [-0.15, -0.1) is 0 Å². The van der Waals surface area contributed by atoms with Gasteiger partial charge in [0, 0.05) is 17.5 Å². The lowest BCUT2D eigenvalue weighted by Gasteiger charge is -2.11. The van der Waals surface area contributed by atoms with E-state index in [1.54, 1.807) is 0 Å². The average molecular weight is 243 g/mol. The molecule has 0 radical (unpaired) electrons. The van der Waals surface area contributed by atoms with E-state index < -0.39 is 6.03 Å². The Bertz CT molecular complexity index is 475. The molecular weight excluding hydrogens is 226 g/mol. The second-order valence-electron chi connectivity index (χ2n) is 5.16. The summed E-state index contributed by atoms with van der Waals surface area (Å²) in [5.74, 6) is 0.927. The third-order valence-corrected chi connectivity index (χ3v) is 4.05. The number of hydrogen-bond donors (Lipinski definition) is 2. The Kier molecular flexibility index (Phi) is 2.78. The molecule has 18 heavy (non-hydrogen) atoms. The number of fused-ring (bicyclic) bond motifs is 3. The van der Waals surface area contributed by atoms with Gasteiger partial charge in [0.25, 0.3) is 0 Å². The highest BCUT2D eigenvalue weighted by Gasteiger charge is 2.35. The molecule has 3 N–H and O–H groups in total. The average Bonchev–Trinajstić information content (AvgIpc) is 2.62. The highest BCUT2D eigenvalue weighted by molar-refractivity contribution is 5.92. The van der Waals surface area contributed by atoms with Crippen molar-refractivity contribution in [2.24, 2.45) is 22.7 Å². The first-order valence-electron chi connectivity index (χ1n) is 6.43. The van der Waals surface area contributed by atoms with E-state index in [4.69, 9.17) is 5.73 Å². The molecule has 94 valence electrons. The van der Waals surface area contributed by atoms with Gasteiger partial charge in [-0.05, 0) is 36.8 Å². The number of nitrogens with two attached hydrogens (primary N) is 1. The molecule has 4 heteroatoms. The Morgan fingerprint density at radius 3 is 2.22 bits per heavy atom. The summed E-state index contributed by atoms with van der Waals surface area (Å²) >= 11 is 0. The van der Waals surface area contributed by atoms with Gasteiger partial charge < -0.3 is 5.73 Å². The fraction of sp³-hybridized carbons (Fsp3) is 0.429. The van der Waals surface area contributed by atoms with Crippen molar-refractivity contribution in [1.29, 1.82) is 0 Å². The Hall–Kier alpha value is -1.84. The Morgan fingerprint density at radius 1 is 1.17 bits per heavy atom. The van der Waals surface area contributed by atoms with Gasteiger partial charge in [-0.1, -0.05) is 24.3 Å². The van der Waals surface area contributed by atoms with Gasteiger partial charge in [-0.2, -0.15) is 5.10 Å². The lowest BCUT2D eigenvalue weighted by atomic mass is 9.94. The first kappa shape index (κ1) is 11.3. The van der Waals surface area contributed by atoms with Crippen LogP contribution in [0, 0.1) is 11.8 Å². The van der Waals surface area contributed by atoms with E-state index >= 15 is 0 Å². The minimum Gasteiger partial charge on any atom is -0.350 e. The summed E-state index contributed by atoms with van der Waals surface area (Å²) in [6, 6.07) is 8.01. The van der Waals surface area contributed by atoms with Crippen LogP contribution in [-0.4, -0.2) is 11.7 Å². The molecule has 1 fully saturated rings. The third kappa shape index (κ3) is 1.98. The highest BCUT2D eigenvalue weighted by atomic mass is 16.2. The first-order valence-corrected chi connectivity index (χ1v) is 6.43. The fourth-order valence-electron chi connectivity index (χ4n) is 3.23. The standard InChI is InChI=1S/C14H17N3O/c15-14(18)17-16-13-11-5-6-12(13)8-10-4-2-1-3-9(10)7-11/h1-4,11-12H,5-8H2,(H3,15,17,18). The molecule has 4 nitrogen and oxygen atoms in total. The van der Waals surface area contributed by atoms with Crippen molar-refractivity contribution in [2.75, 3.05) is 0 Å². The lowest BCUT2D eigenvalue weighted by Crippen LogP contribution is -2.28. The molecule has 0 heterocycles. The van der Waals surface area contributed by atoms with Gasteiger partial charge in [0.1, 0.15) is 0 Å². The van der Waals surface area contributed by atoms with Crippen LogP contribution >= 0.6 is 0 Å². The molecule has 3 rings (SSSR count). The summed E-state index contributed by atoms with van der Waals surface area (Å²) in [6.45, 7) is 0. The van der Waals surface area contributed by atoms with Crippen LogP contribution in [0.15, 0.2) is 29.4 Å². The molecule has 0 saturated heterocycles. The molecule has 1 aromatic carbocycles. The molecule has 2 unspecified atom stereocenters. The van der Waals surface area contributed by atoms with Crippen molar-refractivity contribution < 1.29 is 4.79 Å². The fourth-order valence-corrected chi connectivity index (χ4v) is 3.23. The number of primary amides is 1. The van der Waals surface area contributed by atoms with Crippen molar-refractivity contribution in [1.82, 2.24) is 5.43 Å². The molecule has 1 aromatic rings. The maximum absolute atomic E-state index is 10.8. The van der Waals surface area contributed by atoms with E-state index in [-0.39, 0.29) is 0 Å². The SMILES string of the molecule is NC(=O)NN=C1C2CCC1Cc1ccccc1C2. The molecule has 0 aromatic heterocycles. The van der Waals surface area contributed by atoms with Crippen molar-refractivity contribution in [2.45, 2.75) is 25.7 Å². The second-order valence-corrected chi connectivity index (χ2v) is 5.16. The number of hydrogen-bond acceptors (Lipinski definition) is 2. The normalized spacial score (nSPS) is 25.2. The summed E-state index contributed by atoms with van der Waals surface area (Å²) in [5, 5.41) is 4.24. The number of rotatable bonds is 1. The summed E-state index contributed by atoms with van der Waals surface area (Å²) in [5.41, 5.74) is 11.5. The maximum atomic E-state index is 10.8. The molecule has 0 spiro atoms. The molecule has 2 aliphatic rings. The van der Waals surface area contributed by atoms with Crippen LogP contribution in [-0.2, 0) is 12.8 Å². The minimum absolute atomic E-state index is 0.463. The topological polar surface area (TPSA) is 67.5 Å². The van der Waals surface area contributed by atoms with Crippen molar-refractivity contribution >= 4 is 11.7 Å². The molecule has 2 bridgehead atoms. The number of amides is 2. The van der Waals surface area contributed by atoms with Gasteiger partial charge in [0.15, 0.2) is 0 Å². The smallest absolute Gasteiger partial charge is 0.332 e. The largest absolute Gasteiger partial charge is 0.350 e. The lowest BCUT2D eigenvalue weighted by molar-refractivity contribution is 0.249. The van der Waals surface area contributed by atoms with Gasteiger partial charge in [0.2, 0.25) is 0 Å². The minimum atomic E-state index is -0.580. The number of benzene rings is 1. The van der Waals surface area contributed by atoms with E-state index in [0.29, 0.717) is 11.8 Å². The third-order valence-electron chi connectivity index (χ3n) is 4.05. The summed E-state index contributed by atoms with van der Waals surface area (Å²) in [7, 11) is 0. The summed E-state index contributed by atoms with van der Waals surface area (Å²) in [6.07, 6.45) is 4.40. The number of carbonyl (C=O) groups excluding carboxylic acids is 1. The molecular formula is C14H17N3O. The monoisotopic (exact) mass is 243 g/mol. The molecule has 0 aliphatic heterocycles. The number of hydrazone groups is 1. The van der Waals surface area contributed by atoms with Crippen LogP contribution < -0.4 is 11.2 Å². The zero-order valence-electron chi connectivity index (χ0n) is 10.2. The van der Waals surface area contributed by atoms with Crippen LogP contribution in [0.1, 0.15) is 24.0 Å². The van der Waals surface area contributed by atoms with Gasteiger partial charge >= 0.3 is 6.03 Å². The second kappa shape index (κ2) is 4.44. The Labute approximate surface area is 106 Å². The number of nitrogens with one attached hydrogen (secondary N) is 1. The van der Waals surface area contributed by atoms with Crippen LogP contribution in [0.4, 0.5) is 4.79 Å². The summed E-state index contributed by atoms with van der Waals surface area (Å²) in [4.78, 5) is 10.8. The van der Waals surface area contributed by atoms with E-state index in [2.05, 4.69) is 34.8 Å². The van der Waals surface area contributed by atoms with Gasteiger partial charge in [-0.25, -0.2) is 10.2 Å². The predicted molar refractivity (Wildman–Crippen MR) is 70.2 cm³/mol. The molecule has 2 amide bonds. The number of carbonyl (C=O) groups is 1. The predicted octanol–water partition coefficient (Wildman–Crippen LogP) is 1.84. The van der Waals surface area contributed by atoms with Crippen LogP contribution in [0.5, 0.6) is 0 Å². The van der Waals surface area contributed by atoms with Crippen LogP contribution in [0.2, 0.25) is 0 Å². The van der Waals surface area contributed by atoms with E-state index in [9.17, 15) is 4.79 Å². The van der Waals surface area contributed by atoms with Gasteiger partial charge in [0.05, 0.1) is 0 Å². The van der Waals surface area contributed by atoms with E-state index in [1.165, 1.54) is 11.1 Å². The zero-order chi connectivity index (χ0) is 12.5. The molecule has 2 atom stereocenters.